The van der Waals surface area contributed by atoms with Crippen LogP contribution in [0.3, 0.4) is 0 Å². The first-order chi connectivity index (χ1) is 8.42. The summed E-state index contributed by atoms with van der Waals surface area (Å²) in [7, 11) is 0. The minimum atomic E-state index is -0.526. The summed E-state index contributed by atoms with van der Waals surface area (Å²) in [6.07, 6.45) is 3.27. The van der Waals surface area contributed by atoms with Crippen molar-refractivity contribution in [1.82, 2.24) is 5.32 Å². The molecule has 0 aromatic heterocycles. The van der Waals surface area contributed by atoms with Crippen LogP contribution < -0.4 is 5.32 Å². The monoisotopic (exact) mass is 257 g/mol. The van der Waals surface area contributed by atoms with Crippen molar-refractivity contribution < 1.29 is 19.1 Å². The van der Waals surface area contributed by atoms with Gasteiger partial charge in [0.1, 0.15) is 11.9 Å². The van der Waals surface area contributed by atoms with Crippen LogP contribution in [0.25, 0.3) is 0 Å². The van der Waals surface area contributed by atoms with E-state index in [1.807, 2.05) is 0 Å². The highest BCUT2D eigenvalue weighted by Crippen LogP contribution is 2.18. The molecule has 1 fully saturated rings. The Morgan fingerprint density at radius 1 is 1.50 bits per heavy atom. The Balaban J connectivity index is 2.34. The Bertz CT molecular complexity index is 279. The maximum atomic E-state index is 11.5. The number of hydrogen-bond acceptors (Lipinski definition) is 4. The van der Waals surface area contributed by atoms with E-state index in [0.717, 1.165) is 25.5 Å². The molecule has 1 aliphatic rings. The summed E-state index contributed by atoms with van der Waals surface area (Å²) in [6, 6.07) is 0. The van der Waals surface area contributed by atoms with E-state index in [1.165, 1.54) is 0 Å². The Morgan fingerprint density at radius 2 is 2.22 bits per heavy atom. The molecule has 1 heterocycles. The summed E-state index contributed by atoms with van der Waals surface area (Å²) in [5.41, 5.74) is -0.526. The van der Waals surface area contributed by atoms with Crippen LogP contribution in [0.1, 0.15) is 40.0 Å². The van der Waals surface area contributed by atoms with Crippen molar-refractivity contribution in [3.05, 3.63) is 0 Å². The van der Waals surface area contributed by atoms with E-state index >= 15 is 0 Å². The molecule has 0 bridgehead atoms. The Labute approximate surface area is 108 Å². The zero-order valence-corrected chi connectivity index (χ0v) is 11.4. The second-order valence-electron chi connectivity index (χ2n) is 5.59. The molecule has 1 amide bonds. The lowest BCUT2D eigenvalue weighted by molar-refractivity contribution is -0.117. The molecule has 104 valence electrons. The average molecular weight is 257 g/mol. The fraction of sp³-hybridized carbons (Fsp3) is 0.846. The van der Waals surface area contributed by atoms with Crippen molar-refractivity contribution in [2.24, 2.45) is 5.92 Å². The van der Waals surface area contributed by atoms with Crippen LogP contribution in [0.15, 0.2) is 0 Å². The number of amides is 1. The lowest BCUT2D eigenvalue weighted by Crippen LogP contribution is -2.40. The molecule has 1 N–H and O–H groups in total. The summed E-state index contributed by atoms with van der Waals surface area (Å²) in [5, 5.41) is 2.62. The van der Waals surface area contributed by atoms with E-state index in [-0.39, 0.29) is 18.6 Å². The van der Waals surface area contributed by atoms with Crippen molar-refractivity contribution in [2.75, 3.05) is 13.2 Å². The Hall–Kier alpha value is -1.10. The van der Waals surface area contributed by atoms with Crippen LogP contribution in [0.5, 0.6) is 0 Å². The number of alkyl carbamates (subject to hydrolysis) is 1. The molecule has 18 heavy (non-hydrogen) atoms. The van der Waals surface area contributed by atoms with Gasteiger partial charge in [-0.3, -0.25) is 0 Å². The van der Waals surface area contributed by atoms with E-state index in [1.54, 1.807) is 20.8 Å². The molecule has 0 spiro atoms. The van der Waals surface area contributed by atoms with Crippen LogP contribution in [0.2, 0.25) is 0 Å². The van der Waals surface area contributed by atoms with Gasteiger partial charge in [0.15, 0.2) is 0 Å². The third-order valence-electron chi connectivity index (χ3n) is 2.75. The van der Waals surface area contributed by atoms with Gasteiger partial charge in [-0.15, -0.1) is 0 Å². The molecule has 1 saturated heterocycles. The molecule has 1 rings (SSSR count). The highest BCUT2D eigenvalue weighted by molar-refractivity contribution is 5.68. The number of ether oxygens (including phenoxy) is 2. The highest BCUT2D eigenvalue weighted by Gasteiger charge is 2.25. The SMILES string of the molecule is CC(C)(C)OC(=O)NCC(C=O)C1CCCCO1. The third-order valence-corrected chi connectivity index (χ3v) is 2.75. The standard InChI is InChI=1S/C13H23NO4/c1-13(2,3)18-12(16)14-8-10(9-15)11-6-4-5-7-17-11/h9-11H,4-8H2,1-3H3,(H,14,16). The minimum absolute atomic E-state index is 0.0776. The van der Waals surface area contributed by atoms with Crippen molar-refractivity contribution >= 4 is 12.4 Å². The fourth-order valence-electron chi connectivity index (χ4n) is 1.89. The number of rotatable bonds is 4. The fourth-order valence-corrected chi connectivity index (χ4v) is 1.89. The van der Waals surface area contributed by atoms with Gasteiger partial charge in [-0.1, -0.05) is 0 Å². The summed E-state index contributed by atoms with van der Waals surface area (Å²) in [5.74, 6) is -0.294. The summed E-state index contributed by atoms with van der Waals surface area (Å²) in [6.45, 7) is 6.36. The Kier molecular flexibility index (Phi) is 5.59. The molecule has 2 unspecified atom stereocenters. The van der Waals surface area contributed by atoms with Crippen molar-refractivity contribution in [1.29, 1.82) is 0 Å². The summed E-state index contributed by atoms with van der Waals surface area (Å²) in [4.78, 5) is 22.5. The molecule has 5 heteroatoms. The molecule has 1 aliphatic heterocycles. The summed E-state index contributed by atoms with van der Waals surface area (Å²) < 4.78 is 10.7. The Morgan fingerprint density at radius 3 is 2.72 bits per heavy atom. The van der Waals surface area contributed by atoms with E-state index in [4.69, 9.17) is 9.47 Å². The lowest BCUT2D eigenvalue weighted by atomic mass is 9.97. The van der Waals surface area contributed by atoms with Crippen molar-refractivity contribution in [2.45, 2.75) is 51.7 Å². The van der Waals surface area contributed by atoms with Gasteiger partial charge in [0.2, 0.25) is 0 Å². The first-order valence-corrected chi connectivity index (χ1v) is 6.46. The van der Waals surface area contributed by atoms with Gasteiger partial charge < -0.3 is 19.6 Å². The molecule has 0 aromatic carbocycles. The van der Waals surface area contributed by atoms with E-state index in [2.05, 4.69) is 5.32 Å². The predicted octanol–water partition coefficient (Wildman–Crippen LogP) is 1.90. The normalized spacial score (nSPS) is 22.1. The molecule has 0 radical (unpaired) electrons. The number of nitrogens with one attached hydrogen (secondary N) is 1. The lowest BCUT2D eigenvalue weighted by Gasteiger charge is -2.27. The molecule has 2 atom stereocenters. The zero-order valence-electron chi connectivity index (χ0n) is 11.4. The van der Waals surface area contributed by atoms with Gasteiger partial charge in [0.25, 0.3) is 0 Å². The maximum Gasteiger partial charge on any atom is 0.407 e. The van der Waals surface area contributed by atoms with E-state index in [0.29, 0.717) is 6.61 Å². The number of aldehydes is 1. The van der Waals surface area contributed by atoms with Crippen molar-refractivity contribution in [3.63, 3.8) is 0 Å². The van der Waals surface area contributed by atoms with E-state index < -0.39 is 11.7 Å². The van der Waals surface area contributed by atoms with Gasteiger partial charge in [-0.2, -0.15) is 0 Å². The molecular formula is C13H23NO4. The first-order valence-electron chi connectivity index (χ1n) is 6.46. The van der Waals surface area contributed by atoms with Crippen LogP contribution >= 0.6 is 0 Å². The van der Waals surface area contributed by atoms with Gasteiger partial charge in [-0.05, 0) is 40.0 Å². The van der Waals surface area contributed by atoms with Crippen LogP contribution in [0.4, 0.5) is 4.79 Å². The highest BCUT2D eigenvalue weighted by atomic mass is 16.6. The van der Waals surface area contributed by atoms with Crippen LogP contribution in [-0.2, 0) is 14.3 Å². The second kappa shape index (κ2) is 6.73. The third kappa shape index (κ3) is 5.49. The summed E-state index contributed by atoms with van der Waals surface area (Å²) >= 11 is 0. The zero-order chi connectivity index (χ0) is 13.6. The van der Waals surface area contributed by atoms with Gasteiger partial charge >= 0.3 is 6.09 Å². The van der Waals surface area contributed by atoms with Gasteiger partial charge in [-0.25, -0.2) is 4.79 Å². The minimum Gasteiger partial charge on any atom is -0.444 e. The van der Waals surface area contributed by atoms with Gasteiger partial charge in [0.05, 0.1) is 12.0 Å². The molecule has 0 aromatic rings. The molecular weight excluding hydrogens is 234 g/mol. The topological polar surface area (TPSA) is 64.6 Å². The number of hydrogen-bond donors (Lipinski definition) is 1. The number of carbonyl (C=O) groups is 2. The predicted molar refractivity (Wildman–Crippen MR) is 67.4 cm³/mol. The average Bonchev–Trinajstić information content (AvgIpc) is 2.29. The molecule has 0 aliphatic carbocycles. The first kappa shape index (κ1) is 15.0. The largest absolute Gasteiger partial charge is 0.444 e. The quantitative estimate of drug-likeness (QED) is 0.781. The molecule has 0 saturated carbocycles. The number of carbonyl (C=O) groups excluding carboxylic acids is 2. The van der Waals surface area contributed by atoms with Gasteiger partial charge in [0, 0.05) is 13.2 Å². The van der Waals surface area contributed by atoms with E-state index in [9.17, 15) is 9.59 Å². The maximum absolute atomic E-state index is 11.5. The second-order valence-corrected chi connectivity index (χ2v) is 5.59. The molecule has 5 nitrogen and oxygen atoms in total. The van der Waals surface area contributed by atoms with Crippen molar-refractivity contribution in [3.8, 4) is 0 Å². The smallest absolute Gasteiger partial charge is 0.407 e. The van der Waals surface area contributed by atoms with Crippen LogP contribution in [-0.4, -0.2) is 37.2 Å². The van der Waals surface area contributed by atoms with Crippen LogP contribution in [0, 0.1) is 5.92 Å².